The third kappa shape index (κ3) is 3.41. The number of thioether (sulfide) groups is 1. The predicted molar refractivity (Wildman–Crippen MR) is 81.5 cm³/mol. The first-order chi connectivity index (χ1) is 8.65. The Labute approximate surface area is 116 Å². The van der Waals surface area contributed by atoms with Crippen molar-refractivity contribution in [1.29, 1.82) is 0 Å². The fraction of sp³-hybridized carbons (Fsp3) is 0.929. The molecule has 2 aliphatic rings. The Balaban J connectivity index is 1.74. The fourth-order valence-corrected chi connectivity index (χ4v) is 4.00. The lowest BCUT2D eigenvalue weighted by molar-refractivity contribution is 0.259. The Hall–Kier alpha value is -0.220. The second-order valence-electron chi connectivity index (χ2n) is 5.83. The van der Waals surface area contributed by atoms with Gasteiger partial charge < -0.3 is 10.2 Å². The van der Waals surface area contributed by atoms with Crippen LogP contribution in [0.25, 0.3) is 0 Å². The van der Waals surface area contributed by atoms with E-state index >= 15 is 0 Å². The highest BCUT2D eigenvalue weighted by Gasteiger charge is 2.39. The van der Waals surface area contributed by atoms with Crippen molar-refractivity contribution in [2.45, 2.75) is 57.5 Å². The molecule has 1 aliphatic heterocycles. The number of nitrogens with one attached hydrogen (secondary N) is 1. The zero-order valence-electron chi connectivity index (χ0n) is 12.0. The largest absolute Gasteiger partial charge is 0.359 e. The molecule has 2 rings (SSSR count). The molecule has 1 heterocycles. The molecule has 18 heavy (non-hydrogen) atoms. The Morgan fingerprint density at radius 3 is 2.83 bits per heavy atom. The van der Waals surface area contributed by atoms with E-state index in [2.05, 4.69) is 31.1 Å². The smallest absolute Gasteiger partial charge is 0.157 e. The summed E-state index contributed by atoms with van der Waals surface area (Å²) < 4.78 is 0. The van der Waals surface area contributed by atoms with Gasteiger partial charge in [0.1, 0.15) is 0 Å². The van der Waals surface area contributed by atoms with Crippen LogP contribution in [0, 0.1) is 0 Å². The second-order valence-corrected chi connectivity index (χ2v) is 6.79. The van der Waals surface area contributed by atoms with E-state index in [9.17, 15) is 0 Å². The molecule has 3 nitrogen and oxygen atoms in total. The molecule has 0 aromatic carbocycles. The molecule has 1 saturated carbocycles. The number of hydrogen-bond acceptors (Lipinski definition) is 3. The second kappa shape index (κ2) is 6.29. The van der Waals surface area contributed by atoms with Gasteiger partial charge in [0.25, 0.3) is 0 Å². The lowest BCUT2D eigenvalue weighted by Gasteiger charge is -2.23. The maximum Gasteiger partial charge on any atom is 0.157 e. The summed E-state index contributed by atoms with van der Waals surface area (Å²) in [7, 11) is 2.20. The maximum absolute atomic E-state index is 4.73. The van der Waals surface area contributed by atoms with Gasteiger partial charge in [-0.15, -0.1) is 0 Å². The molecule has 1 unspecified atom stereocenters. The Morgan fingerprint density at radius 1 is 1.44 bits per heavy atom. The van der Waals surface area contributed by atoms with Crippen LogP contribution in [-0.2, 0) is 0 Å². The molecule has 2 fully saturated rings. The quantitative estimate of drug-likeness (QED) is 0.831. The summed E-state index contributed by atoms with van der Waals surface area (Å²) >= 11 is 1.92. The van der Waals surface area contributed by atoms with Gasteiger partial charge in [-0.2, -0.15) is 0 Å². The van der Waals surface area contributed by atoms with Crippen LogP contribution in [0.15, 0.2) is 4.99 Å². The predicted octanol–water partition coefficient (Wildman–Crippen LogP) is 2.72. The molecule has 104 valence electrons. The molecule has 0 radical (unpaired) electrons. The molecular formula is C14H27N3S. The molecule has 1 N–H and O–H groups in total. The molecule has 0 amide bonds. The topological polar surface area (TPSA) is 27.6 Å². The highest BCUT2D eigenvalue weighted by molar-refractivity contribution is 8.14. The van der Waals surface area contributed by atoms with E-state index in [1.807, 2.05) is 11.8 Å². The first-order valence-electron chi connectivity index (χ1n) is 7.31. The Kier molecular flexibility index (Phi) is 4.96. The monoisotopic (exact) mass is 269 g/mol. The zero-order chi connectivity index (χ0) is 13.0. The highest BCUT2D eigenvalue weighted by Crippen LogP contribution is 2.37. The first kappa shape index (κ1) is 14.2. The van der Waals surface area contributed by atoms with E-state index in [0.717, 1.165) is 13.1 Å². The standard InChI is InChI=1S/C14H27N3S/c1-4-12(2)17(3)10-9-15-13-16-14(11-18-13)7-5-6-8-14/h12H,4-11H2,1-3H3,(H,15,16). The van der Waals surface area contributed by atoms with Crippen molar-refractivity contribution in [2.75, 3.05) is 25.9 Å². The average Bonchev–Trinajstić information content (AvgIpc) is 2.99. The summed E-state index contributed by atoms with van der Waals surface area (Å²) in [6.07, 6.45) is 6.66. The maximum atomic E-state index is 4.73. The van der Waals surface area contributed by atoms with E-state index in [1.165, 1.54) is 43.0 Å². The van der Waals surface area contributed by atoms with Gasteiger partial charge in [-0.3, -0.25) is 4.99 Å². The van der Waals surface area contributed by atoms with E-state index in [1.54, 1.807) is 0 Å². The van der Waals surface area contributed by atoms with Crippen molar-refractivity contribution >= 4 is 16.9 Å². The summed E-state index contributed by atoms with van der Waals surface area (Å²) in [6, 6.07) is 0.663. The van der Waals surface area contributed by atoms with Crippen LogP contribution in [-0.4, -0.2) is 47.5 Å². The van der Waals surface area contributed by atoms with Gasteiger partial charge >= 0.3 is 0 Å². The molecule has 4 heteroatoms. The van der Waals surface area contributed by atoms with Crippen LogP contribution in [0.2, 0.25) is 0 Å². The van der Waals surface area contributed by atoms with Crippen molar-refractivity contribution in [3.63, 3.8) is 0 Å². The van der Waals surface area contributed by atoms with Crippen LogP contribution >= 0.6 is 11.8 Å². The first-order valence-corrected chi connectivity index (χ1v) is 8.29. The van der Waals surface area contributed by atoms with E-state index < -0.39 is 0 Å². The number of nitrogens with zero attached hydrogens (tertiary/aromatic N) is 2. The average molecular weight is 269 g/mol. The third-order valence-electron chi connectivity index (χ3n) is 4.47. The molecule has 0 bridgehead atoms. The van der Waals surface area contributed by atoms with E-state index in [4.69, 9.17) is 4.99 Å². The van der Waals surface area contributed by atoms with Crippen molar-refractivity contribution in [2.24, 2.45) is 4.99 Å². The van der Waals surface area contributed by atoms with E-state index in [0.29, 0.717) is 11.6 Å². The summed E-state index contributed by atoms with van der Waals surface area (Å²) in [5.41, 5.74) is 0.409. The van der Waals surface area contributed by atoms with Crippen molar-refractivity contribution < 1.29 is 0 Å². The van der Waals surface area contributed by atoms with E-state index in [-0.39, 0.29) is 0 Å². The summed E-state index contributed by atoms with van der Waals surface area (Å²) in [5, 5.41) is 4.87. The number of rotatable bonds is 5. The lowest BCUT2D eigenvalue weighted by atomic mass is 10.0. The normalized spacial score (nSPS) is 26.1. The molecule has 0 aromatic rings. The minimum atomic E-state index is 0.409. The summed E-state index contributed by atoms with van der Waals surface area (Å²) in [6.45, 7) is 6.51. The number of aliphatic imine (C=N–C) groups is 1. The van der Waals surface area contributed by atoms with Crippen molar-refractivity contribution in [3.05, 3.63) is 0 Å². The van der Waals surface area contributed by atoms with Crippen molar-refractivity contribution in [1.82, 2.24) is 10.2 Å². The Morgan fingerprint density at radius 2 is 2.17 bits per heavy atom. The molecule has 1 atom stereocenters. The molecule has 1 saturated heterocycles. The van der Waals surface area contributed by atoms with Crippen molar-refractivity contribution in [3.8, 4) is 0 Å². The molecular weight excluding hydrogens is 242 g/mol. The van der Waals surface area contributed by atoms with Gasteiger partial charge in [-0.25, -0.2) is 0 Å². The van der Waals surface area contributed by atoms with Gasteiger partial charge in [-0.05, 0) is 33.2 Å². The summed E-state index contributed by atoms with van der Waals surface area (Å²) in [4.78, 5) is 7.12. The van der Waals surface area contributed by atoms with Gasteiger partial charge in [0.15, 0.2) is 5.17 Å². The van der Waals surface area contributed by atoms with Gasteiger partial charge in [0.05, 0.1) is 6.54 Å². The van der Waals surface area contributed by atoms with Crippen LogP contribution in [0.1, 0.15) is 46.0 Å². The van der Waals surface area contributed by atoms with Gasteiger partial charge in [0.2, 0.25) is 0 Å². The highest BCUT2D eigenvalue weighted by atomic mass is 32.2. The van der Waals surface area contributed by atoms with Crippen LogP contribution in [0.5, 0.6) is 0 Å². The van der Waals surface area contributed by atoms with Gasteiger partial charge in [-0.1, -0.05) is 31.5 Å². The number of hydrogen-bond donors (Lipinski definition) is 1. The zero-order valence-corrected chi connectivity index (χ0v) is 12.9. The fourth-order valence-electron chi connectivity index (χ4n) is 2.75. The third-order valence-corrected chi connectivity index (χ3v) is 5.67. The molecule has 1 spiro atoms. The van der Waals surface area contributed by atoms with Crippen LogP contribution < -0.4 is 5.32 Å². The van der Waals surface area contributed by atoms with Crippen LogP contribution in [0.4, 0.5) is 0 Å². The Bertz CT molecular complexity index is 297. The lowest BCUT2D eigenvalue weighted by Crippen LogP contribution is -2.40. The van der Waals surface area contributed by atoms with Crippen LogP contribution in [0.3, 0.4) is 0 Å². The SMILES string of the molecule is CCC(C)N(C)CCN=C1NC2(CCCC2)CS1. The minimum Gasteiger partial charge on any atom is -0.359 e. The number of likely N-dealkylation sites (N-methyl/N-ethyl adjacent to an activating group) is 1. The number of amidine groups is 1. The summed E-state index contributed by atoms with van der Waals surface area (Å²) in [5.74, 6) is 1.23. The van der Waals surface area contributed by atoms with Gasteiger partial charge in [0, 0.05) is 23.9 Å². The minimum absolute atomic E-state index is 0.409. The molecule has 1 aliphatic carbocycles. The molecule has 0 aromatic heterocycles.